The second kappa shape index (κ2) is 7.12. The maximum absolute atomic E-state index is 6.22. The van der Waals surface area contributed by atoms with Crippen LogP contribution in [-0.2, 0) is 0 Å². The minimum absolute atomic E-state index is 0.334. The van der Waals surface area contributed by atoms with E-state index in [0.717, 1.165) is 11.6 Å². The molecule has 1 aliphatic carbocycles. The van der Waals surface area contributed by atoms with Gasteiger partial charge in [-0.2, -0.15) is 0 Å². The summed E-state index contributed by atoms with van der Waals surface area (Å²) in [6, 6.07) is 6.72. The van der Waals surface area contributed by atoms with Crippen LogP contribution in [0.3, 0.4) is 0 Å². The van der Waals surface area contributed by atoms with Crippen molar-refractivity contribution in [3.05, 3.63) is 46.0 Å². The van der Waals surface area contributed by atoms with Crippen molar-refractivity contribution in [1.82, 2.24) is 5.32 Å². The fourth-order valence-corrected chi connectivity index (χ4v) is 3.20. The van der Waals surface area contributed by atoms with Crippen LogP contribution in [0.15, 0.2) is 29.8 Å². The molecule has 2 rings (SSSR count). The van der Waals surface area contributed by atoms with E-state index in [9.17, 15) is 0 Å². The Labute approximate surface area is 122 Å². The standard InChI is InChI=1S/C17H24ClN/c1-3-19-17(14-8-6-4-5-7-9-14)15-10-13(2)11-16(18)12-15/h8,10-12,17,19H,3-7,9H2,1-2H3. The molecule has 1 nitrogen and oxygen atoms in total. The van der Waals surface area contributed by atoms with E-state index in [-0.39, 0.29) is 0 Å². The summed E-state index contributed by atoms with van der Waals surface area (Å²) in [6.45, 7) is 5.26. The van der Waals surface area contributed by atoms with Gasteiger partial charge in [-0.05, 0) is 62.4 Å². The molecule has 1 atom stereocenters. The van der Waals surface area contributed by atoms with Gasteiger partial charge in [0.05, 0.1) is 6.04 Å². The lowest BCUT2D eigenvalue weighted by molar-refractivity contribution is 0.589. The molecule has 0 aromatic heterocycles. The molecular weight excluding hydrogens is 254 g/mol. The van der Waals surface area contributed by atoms with Crippen molar-refractivity contribution in [2.45, 2.75) is 52.0 Å². The van der Waals surface area contributed by atoms with Crippen LogP contribution in [0.1, 0.15) is 56.2 Å². The highest BCUT2D eigenvalue weighted by atomic mass is 35.5. The van der Waals surface area contributed by atoms with Crippen LogP contribution in [0.25, 0.3) is 0 Å². The zero-order chi connectivity index (χ0) is 13.7. The molecule has 104 valence electrons. The van der Waals surface area contributed by atoms with Crippen molar-refractivity contribution >= 4 is 11.6 Å². The molecule has 2 heteroatoms. The third kappa shape index (κ3) is 4.09. The van der Waals surface area contributed by atoms with Gasteiger partial charge in [0.2, 0.25) is 0 Å². The Morgan fingerprint density at radius 1 is 1.21 bits per heavy atom. The molecule has 1 aliphatic rings. The van der Waals surface area contributed by atoms with Crippen LogP contribution >= 0.6 is 11.6 Å². The summed E-state index contributed by atoms with van der Waals surface area (Å²) in [5.74, 6) is 0. The van der Waals surface area contributed by atoms with Gasteiger partial charge in [-0.3, -0.25) is 0 Å². The number of allylic oxidation sites excluding steroid dienone is 1. The SMILES string of the molecule is CCNC(C1=CCCCCC1)c1cc(C)cc(Cl)c1. The van der Waals surface area contributed by atoms with E-state index in [0.29, 0.717) is 6.04 Å². The molecule has 0 amide bonds. The van der Waals surface area contributed by atoms with Crippen molar-refractivity contribution in [2.24, 2.45) is 0 Å². The van der Waals surface area contributed by atoms with Gasteiger partial charge in [0.25, 0.3) is 0 Å². The number of aryl methyl sites for hydroxylation is 1. The number of likely N-dealkylation sites (N-methyl/N-ethyl adjacent to an activating group) is 1. The Morgan fingerprint density at radius 3 is 2.79 bits per heavy atom. The molecule has 0 radical (unpaired) electrons. The molecule has 0 spiro atoms. The molecule has 1 N–H and O–H groups in total. The van der Waals surface area contributed by atoms with Crippen molar-refractivity contribution in [3.8, 4) is 0 Å². The molecule has 0 bridgehead atoms. The molecule has 0 heterocycles. The highest BCUT2D eigenvalue weighted by molar-refractivity contribution is 6.30. The van der Waals surface area contributed by atoms with Crippen molar-refractivity contribution < 1.29 is 0 Å². The first-order chi connectivity index (χ1) is 9.20. The molecule has 0 saturated carbocycles. The number of hydrogen-bond acceptors (Lipinski definition) is 1. The lowest BCUT2D eigenvalue weighted by atomic mass is 9.94. The lowest BCUT2D eigenvalue weighted by Gasteiger charge is -2.22. The second-order valence-electron chi connectivity index (χ2n) is 5.43. The van der Waals surface area contributed by atoms with Gasteiger partial charge in [-0.25, -0.2) is 0 Å². The topological polar surface area (TPSA) is 12.0 Å². The summed E-state index contributed by atoms with van der Waals surface area (Å²) in [4.78, 5) is 0. The largest absolute Gasteiger partial charge is 0.307 e. The Balaban J connectivity index is 2.30. The van der Waals surface area contributed by atoms with Gasteiger partial charge in [-0.1, -0.05) is 42.7 Å². The highest BCUT2D eigenvalue weighted by Gasteiger charge is 2.17. The van der Waals surface area contributed by atoms with Gasteiger partial charge >= 0.3 is 0 Å². The van der Waals surface area contributed by atoms with Crippen LogP contribution in [0.2, 0.25) is 5.02 Å². The Kier molecular flexibility index (Phi) is 5.47. The number of nitrogens with one attached hydrogen (secondary N) is 1. The van der Waals surface area contributed by atoms with E-state index in [4.69, 9.17) is 11.6 Å². The third-order valence-corrected chi connectivity index (χ3v) is 3.97. The van der Waals surface area contributed by atoms with Crippen molar-refractivity contribution in [2.75, 3.05) is 6.54 Å². The zero-order valence-electron chi connectivity index (χ0n) is 12.0. The summed E-state index contributed by atoms with van der Waals surface area (Å²) in [5.41, 5.74) is 4.08. The Morgan fingerprint density at radius 2 is 2.05 bits per heavy atom. The number of halogens is 1. The van der Waals surface area contributed by atoms with E-state index in [1.807, 2.05) is 6.07 Å². The fraction of sp³-hybridized carbons (Fsp3) is 0.529. The Bertz CT molecular complexity index is 430. The molecular formula is C17H24ClN. The maximum Gasteiger partial charge on any atom is 0.0536 e. The molecule has 0 fully saturated rings. The van der Waals surface area contributed by atoms with E-state index < -0.39 is 0 Å². The van der Waals surface area contributed by atoms with Crippen molar-refractivity contribution in [1.29, 1.82) is 0 Å². The minimum Gasteiger partial charge on any atom is -0.307 e. The molecule has 1 aromatic carbocycles. The minimum atomic E-state index is 0.334. The lowest BCUT2D eigenvalue weighted by Crippen LogP contribution is -2.23. The highest BCUT2D eigenvalue weighted by Crippen LogP contribution is 2.31. The normalized spacial score (nSPS) is 17.7. The predicted octanol–water partition coefficient (Wildman–Crippen LogP) is 5.19. The quantitative estimate of drug-likeness (QED) is 0.747. The molecule has 19 heavy (non-hydrogen) atoms. The van der Waals surface area contributed by atoms with E-state index >= 15 is 0 Å². The summed E-state index contributed by atoms with van der Waals surface area (Å²) < 4.78 is 0. The average molecular weight is 278 g/mol. The smallest absolute Gasteiger partial charge is 0.0536 e. The summed E-state index contributed by atoms with van der Waals surface area (Å²) in [6.07, 6.45) is 8.87. The summed E-state index contributed by atoms with van der Waals surface area (Å²) in [5, 5.41) is 4.46. The third-order valence-electron chi connectivity index (χ3n) is 3.75. The molecule has 1 unspecified atom stereocenters. The van der Waals surface area contributed by atoms with Gasteiger partial charge < -0.3 is 5.32 Å². The number of hydrogen-bond donors (Lipinski definition) is 1. The van der Waals surface area contributed by atoms with E-state index in [1.54, 1.807) is 5.57 Å². The van der Waals surface area contributed by atoms with Gasteiger partial charge in [-0.15, -0.1) is 0 Å². The van der Waals surface area contributed by atoms with E-state index in [1.165, 1.54) is 43.2 Å². The average Bonchev–Trinajstić information content (AvgIpc) is 2.63. The molecule has 0 aliphatic heterocycles. The van der Waals surface area contributed by atoms with Gasteiger partial charge in [0.1, 0.15) is 0 Å². The van der Waals surface area contributed by atoms with Crippen LogP contribution in [0.5, 0.6) is 0 Å². The van der Waals surface area contributed by atoms with Crippen LogP contribution in [0.4, 0.5) is 0 Å². The van der Waals surface area contributed by atoms with Crippen LogP contribution in [0, 0.1) is 6.92 Å². The predicted molar refractivity (Wildman–Crippen MR) is 83.8 cm³/mol. The van der Waals surface area contributed by atoms with Gasteiger partial charge in [0, 0.05) is 5.02 Å². The fourth-order valence-electron chi connectivity index (χ4n) is 2.90. The molecule has 1 aromatic rings. The molecule has 0 saturated heterocycles. The first kappa shape index (κ1) is 14.6. The van der Waals surface area contributed by atoms with Crippen molar-refractivity contribution in [3.63, 3.8) is 0 Å². The zero-order valence-corrected chi connectivity index (χ0v) is 12.8. The number of benzene rings is 1. The van der Waals surface area contributed by atoms with E-state index in [2.05, 4.69) is 37.4 Å². The van der Waals surface area contributed by atoms with Crippen LogP contribution < -0.4 is 5.32 Å². The second-order valence-corrected chi connectivity index (χ2v) is 5.87. The summed E-state index contributed by atoms with van der Waals surface area (Å²) in [7, 11) is 0. The summed E-state index contributed by atoms with van der Waals surface area (Å²) >= 11 is 6.22. The Hall–Kier alpha value is -0.790. The monoisotopic (exact) mass is 277 g/mol. The van der Waals surface area contributed by atoms with Crippen LogP contribution in [-0.4, -0.2) is 6.54 Å². The maximum atomic E-state index is 6.22. The first-order valence-corrected chi connectivity index (χ1v) is 7.78. The number of rotatable bonds is 4. The first-order valence-electron chi connectivity index (χ1n) is 7.40. The van der Waals surface area contributed by atoms with Gasteiger partial charge in [0.15, 0.2) is 0 Å².